The molecule has 2 aliphatic rings. The van der Waals surface area contributed by atoms with Gasteiger partial charge in [-0.05, 0) is 49.3 Å². The van der Waals surface area contributed by atoms with Gasteiger partial charge >= 0.3 is 0 Å². The smallest absolute Gasteiger partial charge is 0.265 e. The van der Waals surface area contributed by atoms with E-state index < -0.39 is 0 Å². The van der Waals surface area contributed by atoms with Gasteiger partial charge in [0.25, 0.3) is 5.91 Å². The van der Waals surface area contributed by atoms with Crippen LogP contribution in [0.25, 0.3) is 0 Å². The van der Waals surface area contributed by atoms with Crippen LogP contribution in [0.4, 0.5) is 0 Å². The highest BCUT2D eigenvalue weighted by Gasteiger charge is 2.32. The van der Waals surface area contributed by atoms with Crippen molar-refractivity contribution in [3.63, 3.8) is 0 Å². The number of nitrogens with zero attached hydrogens (tertiary/aromatic N) is 1. The second-order valence-corrected chi connectivity index (χ2v) is 8.02. The number of thiocarbonyl (C=S) groups is 1. The molecule has 3 rings (SSSR count). The summed E-state index contributed by atoms with van der Waals surface area (Å²) in [5, 5.41) is 0. The topological polar surface area (TPSA) is 38.8 Å². The van der Waals surface area contributed by atoms with Crippen LogP contribution in [0, 0.1) is 5.92 Å². The molecule has 1 amide bonds. The number of rotatable bonds is 6. The second kappa shape index (κ2) is 8.73. The van der Waals surface area contributed by atoms with Gasteiger partial charge in [0.15, 0.2) is 11.5 Å². The van der Waals surface area contributed by atoms with Crippen molar-refractivity contribution in [1.82, 2.24) is 4.90 Å². The number of thioether (sulfide) groups is 1. The minimum atomic E-state index is 0.0371. The summed E-state index contributed by atoms with van der Waals surface area (Å²) in [4.78, 5) is 15.2. The maximum Gasteiger partial charge on any atom is 0.265 e. The molecule has 1 heterocycles. The molecule has 0 N–H and O–H groups in total. The lowest BCUT2D eigenvalue weighted by atomic mass is 9.94. The highest BCUT2D eigenvalue weighted by Crippen LogP contribution is 2.34. The molecule has 1 aromatic carbocycles. The number of amides is 1. The highest BCUT2D eigenvalue weighted by atomic mass is 32.2. The molecule has 0 saturated carbocycles. The number of ether oxygens (including phenoxy) is 2. The lowest BCUT2D eigenvalue weighted by Crippen LogP contribution is -2.30. The van der Waals surface area contributed by atoms with Gasteiger partial charge in [-0.15, -0.1) is 0 Å². The van der Waals surface area contributed by atoms with Gasteiger partial charge in [-0.25, -0.2) is 0 Å². The summed E-state index contributed by atoms with van der Waals surface area (Å²) in [5.74, 6) is 1.88. The van der Waals surface area contributed by atoms with E-state index in [4.69, 9.17) is 21.7 Å². The minimum Gasteiger partial charge on any atom is -0.493 e. The average Bonchev–Trinajstić information content (AvgIpc) is 2.93. The first-order chi connectivity index (χ1) is 12.6. The Morgan fingerprint density at radius 2 is 2.08 bits per heavy atom. The van der Waals surface area contributed by atoms with Crippen LogP contribution in [0.15, 0.2) is 41.3 Å². The fourth-order valence-corrected chi connectivity index (χ4v) is 4.54. The number of carbonyl (C=O) groups is 1. The molecule has 26 heavy (non-hydrogen) atoms. The van der Waals surface area contributed by atoms with Crippen molar-refractivity contribution in [3.8, 4) is 11.5 Å². The summed E-state index contributed by atoms with van der Waals surface area (Å²) in [5.41, 5.74) is 1.08. The molecular formula is C20H23NO3S2. The maximum atomic E-state index is 12.7. The van der Waals surface area contributed by atoms with Gasteiger partial charge in [-0.2, -0.15) is 0 Å². The molecule has 0 bridgehead atoms. The summed E-state index contributed by atoms with van der Waals surface area (Å²) in [6.07, 6.45) is 10.4. The lowest BCUT2D eigenvalue weighted by Gasteiger charge is -2.16. The summed E-state index contributed by atoms with van der Waals surface area (Å²) in [6, 6.07) is 5.82. The Morgan fingerprint density at radius 1 is 1.27 bits per heavy atom. The van der Waals surface area contributed by atoms with E-state index >= 15 is 0 Å². The number of benzene rings is 1. The van der Waals surface area contributed by atoms with Crippen LogP contribution >= 0.6 is 24.0 Å². The number of methoxy groups -OCH3 is 2. The molecule has 0 spiro atoms. The molecular weight excluding hydrogens is 366 g/mol. The predicted molar refractivity (Wildman–Crippen MR) is 110 cm³/mol. The van der Waals surface area contributed by atoms with Crippen LogP contribution in [-0.2, 0) is 11.2 Å². The molecule has 138 valence electrons. The van der Waals surface area contributed by atoms with Gasteiger partial charge in [-0.1, -0.05) is 48.3 Å². The zero-order chi connectivity index (χ0) is 18.5. The number of carbonyl (C=O) groups excluding carboxylic acids is 1. The second-order valence-electron chi connectivity index (χ2n) is 6.34. The molecule has 0 unspecified atom stereocenters. The largest absolute Gasteiger partial charge is 0.493 e. The Hall–Kier alpha value is -1.79. The van der Waals surface area contributed by atoms with Gasteiger partial charge in [0, 0.05) is 6.54 Å². The third kappa shape index (κ3) is 4.30. The molecule has 1 fully saturated rings. The monoisotopic (exact) mass is 389 g/mol. The number of hydrogen-bond acceptors (Lipinski definition) is 5. The van der Waals surface area contributed by atoms with E-state index in [9.17, 15) is 4.79 Å². The van der Waals surface area contributed by atoms with E-state index in [1.165, 1.54) is 11.8 Å². The van der Waals surface area contributed by atoms with Gasteiger partial charge in [-0.3, -0.25) is 9.69 Å². The molecule has 0 aromatic heterocycles. The molecule has 6 heteroatoms. The first-order valence-corrected chi connectivity index (χ1v) is 9.96. The zero-order valence-corrected chi connectivity index (χ0v) is 16.7. The van der Waals surface area contributed by atoms with Gasteiger partial charge in [0.05, 0.1) is 19.1 Å². The summed E-state index contributed by atoms with van der Waals surface area (Å²) in [7, 11) is 3.24. The van der Waals surface area contributed by atoms with Crippen LogP contribution < -0.4 is 9.47 Å². The zero-order valence-electron chi connectivity index (χ0n) is 15.1. The molecule has 1 saturated heterocycles. The Morgan fingerprint density at radius 3 is 2.77 bits per heavy atom. The van der Waals surface area contributed by atoms with Gasteiger partial charge < -0.3 is 9.47 Å². The van der Waals surface area contributed by atoms with E-state index in [1.54, 1.807) is 19.1 Å². The number of hydrogen-bond donors (Lipinski definition) is 0. The summed E-state index contributed by atoms with van der Waals surface area (Å²) in [6.45, 7) is 0.571. The fourth-order valence-electron chi connectivity index (χ4n) is 3.17. The molecule has 1 atom stereocenters. The van der Waals surface area contributed by atoms with E-state index in [0.717, 1.165) is 29.7 Å². The van der Waals surface area contributed by atoms with Crippen molar-refractivity contribution >= 4 is 34.2 Å². The van der Waals surface area contributed by atoms with Crippen LogP contribution in [0.5, 0.6) is 11.5 Å². The fraction of sp³-hybridized carbons (Fsp3) is 0.400. The van der Waals surface area contributed by atoms with Crippen molar-refractivity contribution < 1.29 is 14.3 Å². The van der Waals surface area contributed by atoms with Crippen molar-refractivity contribution in [1.29, 1.82) is 0 Å². The third-order valence-corrected chi connectivity index (χ3v) is 6.04. The Kier molecular flexibility index (Phi) is 6.38. The van der Waals surface area contributed by atoms with Crippen LogP contribution in [-0.4, -0.2) is 35.9 Å². The van der Waals surface area contributed by atoms with E-state index in [2.05, 4.69) is 18.2 Å². The first kappa shape index (κ1) is 19.0. The Labute approximate surface area is 164 Å². The molecule has 1 aromatic rings. The van der Waals surface area contributed by atoms with E-state index in [1.807, 2.05) is 18.2 Å². The van der Waals surface area contributed by atoms with Crippen LogP contribution in [0.1, 0.15) is 24.8 Å². The van der Waals surface area contributed by atoms with Crippen molar-refractivity contribution in [2.24, 2.45) is 5.92 Å². The summed E-state index contributed by atoms with van der Waals surface area (Å²) < 4.78 is 11.3. The van der Waals surface area contributed by atoms with E-state index in [0.29, 0.717) is 34.7 Å². The highest BCUT2D eigenvalue weighted by molar-refractivity contribution is 8.26. The normalized spacial score (nSPS) is 21.5. The van der Waals surface area contributed by atoms with Crippen LogP contribution in [0.2, 0.25) is 0 Å². The quantitative estimate of drug-likeness (QED) is 0.411. The van der Waals surface area contributed by atoms with Crippen LogP contribution in [0.3, 0.4) is 0 Å². The molecule has 4 nitrogen and oxygen atoms in total. The maximum absolute atomic E-state index is 12.7. The van der Waals surface area contributed by atoms with Gasteiger partial charge in [0.2, 0.25) is 0 Å². The average molecular weight is 390 g/mol. The van der Waals surface area contributed by atoms with Crippen molar-refractivity contribution in [2.75, 3.05) is 20.8 Å². The Balaban J connectivity index is 1.65. The Bertz CT molecular complexity index is 757. The number of allylic oxidation sites excluding steroid dienone is 3. The van der Waals surface area contributed by atoms with E-state index in [-0.39, 0.29) is 5.91 Å². The van der Waals surface area contributed by atoms with Crippen molar-refractivity contribution in [2.45, 2.75) is 25.7 Å². The summed E-state index contributed by atoms with van der Waals surface area (Å²) >= 11 is 6.86. The molecule has 1 aliphatic carbocycles. The standard InChI is InChI=1S/C20H23NO3S2/c1-23-16-9-8-15(12-17(16)24-2)10-11-21-19(22)18(26-20(21)25)13-14-6-4-3-5-7-14/h3-4,8-9,12-14H,5-7,10-11H2,1-2H3/b18-13-/t14-/m1/s1. The van der Waals surface area contributed by atoms with Crippen molar-refractivity contribution in [3.05, 3.63) is 46.9 Å². The third-order valence-electron chi connectivity index (χ3n) is 4.64. The molecule has 0 radical (unpaired) electrons. The predicted octanol–water partition coefficient (Wildman–Crippen LogP) is 4.35. The lowest BCUT2D eigenvalue weighted by molar-refractivity contribution is -0.122. The minimum absolute atomic E-state index is 0.0371. The molecule has 1 aliphatic heterocycles. The van der Waals surface area contributed by atoms with Gasteiger partial charge in [0.1, 0.15) is 4.32 Å². The SMILES string of the molecule is COc1ccc(CCN2C(=O)/C(=C/[C@@H]3CC=CCC3)SC2=S)cc1OC. The first-order valence-electron chi connectivity index (χ1n) is 8.73.